The van der Waals surface area contributed by atoms with E-state index in [0.717, 1.165) is 5.92 Å². The molecule has 1 aromatic carbocycles. The van der Waals surface area contributed by atoms with Gasteiger partial charge in [0.1, 0.15) is 6.79 Å². The summed E-state index contributed by atoms with van der Waals surface area (Å²) in [7, 11) is 2.22. The first kappa shape index (κ1) is 11.9. The van der Waals surface area contributed by atoms with Gasteiger partial charge in [-0.15, -0.1) is 0 Å². The molecule has 1 aromatic rings. The van der Waals surface area contributed by atoms with Crippen molar-refractivity contribution in [2.75, 3.05) is 20.1 Å². The lowest BCUT2D eigenvalue weighted by Gasteiger charge is -2.29. The van der Waals surface area contributed by atoms with E-state index in [2.05, 4.69) is 42.3 Å². The Morgan fingerprint density at radius 1 is 1.27 bits per heavy atom. The van der Waals surface area contributed by atoms with Crippen LogP contribution in [0.5, 0.6) is 0 Å². The van der Waals surface area contributed by atoms with Crippen LogP contribution in [0.3, 0.4) is 0 Å². The molecule has 1 atom stereocenters. The Morgan fingerprint density at radius 3 is 2.53 bits per heavy atom. The molecule has 0 amide bonds. The monoisotopic (exact) mass is 205 g/mol. The third-order valence-electron chi connectivity index (χ3n) is 2.90. The number of piperidine rings is 1. The highest BCUT2D eigenvalue weighted by Crippen LogP contribution is 2.25. The van der Waals surface area contributed by atoms with E-state index in [1.54, 1.807) is 0 Å². The average Bonchev–Trinajstić information content (AvgIpc) is 2.33. The molecular formula is C13H19NO. The summed E-state index contributed by atoms with van der Waals surface area (Å²) in [5.41, 5.74) is 1.51. The van der Waals surface area contributed by atoms with Crippen molar-refractivity contribution in [1.29, 1.82) is 0 Å². The number of benzene rings is 1. The van der Waals surface area contributed by atoms with Crippen LogP contribution in [-0.4, -0.2) is 31.8 Å². The highest BCUT2D eigenvalue weighted by atomic mass is 16.1. The van der Waals surface area contributed by atoms with Gasteiger partial charge in [-0.1, -0.05) is 30.3 Å². The van der Waals surface area contributed by atoms with Crippen LogP contribution in [0.2, 0.25) is 0 Å². The highest BCUT2D eigenvalue weighted by molar-refractivity contribution is 5.20. The number of likely N-dealkylation sites (N-methyl/N-ethyl adjacent to an activating group) is 1. The normalized spacial score (nSPS) is 21.5. The van der Waals surface area contributed by atoms with Gasteiger partial charge in [-0.2, -0.15) is 0 Å². The number of carbonyl (C=O) groups is 1. The molecule has 0 aliphatic carbocycles. The van der Waals surface area contributed by atoms with Crippen LogP contribution in [0.25, 0.3) is 0 Å². The molecule has 0 N–H and O–H groups in total. The standard InChI is InChI=1S/C12H17N.CH2O/c1-13-9-5-8-12(10-13)11-6-3-2-4-7-11;1-2/h2-4,6-7,12H,5,8-10H2,1H3;1H2. The molecule has 1 saturated heterocycles. The van der Waals surface area contributed by atoms with Crippen LogP contribution in [0, 0.1) is 0 Å². The third kappa shape index (κ3) is 3.48. The summed E-state index contributed by atoms with van der Waals surface area (Å²) in [6, 6.07) is 10.9. The Morgan fingerprint density at radius 2 is 1.93 bits per heavy atom. The largest absolute Gasteiger partial charge is 0.307 e. The Bertz CT molecular complexity index is 273. The van der Waals surface area contributed by atoms with E-state index in [0.29, 0.717) is 0 Å². The molecule has 15 heavy (non-hydrogen) atoms. The predicted octanol–water partition coefficient (Wildman–Crippen LogP) is 2.31. The minimum atomic E-state index is 0.764. The number of nitrogens with zero attached hydrogens (tertiary/aromatic N) is 1. The molecule has 0 spiro atoms. The summed E-state index contributed by atoms with van der Waals surface area (Å²) in [6.45, 7) is 4.49. The molecule has 1 aliphatic heterocycles. The van der Waals surface area contributed by atoms with Crippen LogP contribution in [0.4, 0.5) is 0 Å². The summed E-state index contributed by atoms with van der Waals surface area (Å²) in [5, 5.41) is 0. The Labute approximate surface area is 91.9 Å². The lowest BCUT2D eigenvalue weighted by atomic mass is 9.91. The minimum Gasteiger partial charge on any atom is -0.307 e. The van der Waals surface area contributed by atoms with Crippen molar-refractivity contribution >= 4 is 6.79 Å². The van der Waals surface area contributed by atoms with Crippen LogP contribution in [0.1, 0.15) is 24.3 Å². The highest BCUT2D eigenvalue weighted by Gasteiger charge is 2.17. The molecule has 2 nitrogen and oxygen atoms in total. The lowest BCUT2D eigenvalue weighted by molar-refractivity contribution is -0.0979. The smallest absolute Gasteiger partial charge is 0.106 e. The van der Waals surface area contributed by atoms with Crippen molar-refractivity contribution in [3.8, 4) is 0 Å². The molecule has 1 heterocycles. The number of carbonyl (C=O) groups excluding carboxylic acids is 1. The van der Waals surface area contributed by atoms with Crippen molar-refractivity contribution in [2.24, 2.45) is 0 Å². The molecule has 82 valence electrons. The van der Waals surface area contributed by atoms with E-state index >= 15 is 0 Å². The first-order valence-electron chi connectivity index (χ1n) is 5.38. The fourth-order valence-electron chi connectivity index (χ4n) is 2.16. The minimum absolute atomic E-state index is 0.764. The van der Waals surface area contributed by atoms with Crippen molar-refractivity contribution in [2.45, 2.75) is 18.8 Å². The second-order valence-electron chi connectivity index (χ2n) is 4.01. The SMILES string of the molecule is C=O.CN1CCCC(c2ccccc2)C1. The van der Waals surface area contributed by atoms with Gasteiger partial charge in [0, 0.05) is 6.54 Å². The average molecular weight is 205 g/mol. The van der Waals surface area contributed by atoms with Gasteiger partial charge in [0.05, 0.1) is 0 Å². The van der Waals surface area contributed by atoms with E-state index in [1.807, 2.05) is 6.79 Å². The van der Waals surface area contributed by atoms with E-state index in [4.69, 9.17) is 4.79 Å². The lowest BCUT2D eigenvalue weighted by Crippen LogP contribution is -2.30. The molecular weight excluding hydrogens is 186 g/mol. The molecule has 2 rings (SSSR count). The van der Waals surface area contributed by atoms with Crippen molar-refractivity contribution in [1.82, 2.24) is 4.90 Å². The van der Waals surface area contributed by atoms with Gasteiger partial charge in [0.15, 0.2) is 0 Å². The molecule has 1 fully saturated rings. The van der Waals surface area contributed by atoms with Gasteiger partial charge in [0.25, 0.3) is 0 Å². The molecule has 2 heteroatoms. The van der Waals surface area contributed by atoms with E-state index in [1.165, 1.54) is 31.5 Å². The van der Waals surface area contributed by atoms with Gasteiger partial charge < -0.3 is 9.69 Å². The Kier molecular flexibility index (Phi) is 5.05. The van der Waals surface area contributed by atoms with E-state index in [-0.39, 0.29) is 0 Å². The van der Waals surface area contributed by atoms with Gasteiger partial charge in [-0.25, -0.2) is 0 Å². The number of hydrogen-bond donors (Lipinski definition) is 0. The topological polar surface area (TPSA) is 20.3 Å². The fourth-order valence-corrected chi connectivity index (χ4v) is 2.16. The zero-order chi connectivity index (χ0) is 11.1. The molecule has 1 aliphatic rings. The van der Waals surface area contributed by atoms with Crippen LogP contribution < -0.4 is 0 Å². The molecule has 0 saturated carbocycles. The van der Waals surface area contributed by atoms with Gasteiger partial charge in [-0.3, -0.25) is 0 Å². The predicted molar refractivity (Wildman–Crippen MR) is 63.0 cm³/mol. The first-order chi connectivity index (χ1) is 7.36. The second kappa shape index (κ2) is 6.36. The number of likely N-dealkylation sites (tertiary alicyclic amines) is 1. The Hall–Kier alpha value is -1.15. The quantitative estimate of drug-likeness (QED) is 0.701. The maximum absolute atomic E-state index is 8.00. The number of hydrogen-bond acceptors (Lipinski definition) is 2. The summed E-state index contributed by atoms with van der Waals surface area (Å²) < 4.78 is 0. The van der Waals surface area contributed by atoms with Crippen molar-refractivity contribution in [3.63, 3.8) is 0 Å². The maximum atomic E-state index is 8.00. The van der Waals surface area contributed by atoms with Gasteiger partial charge in [-0.05, 0) is 37.9 Å². The third-order valence-corrected chi connectivity index (χ3v) is 2.90. The summed E-state index contributed by atoms with van der Waals surface area (Å²) in [5.74, 6) is 0.764. The molecule has 1 unspecified atom stereocenters. The van der Waals surface area contributed by atoms with Crippen molar-refractivity contribution < 1.29 is 4.79 Å². The molecule has 0 aromatic heterocycles. The molecule has 0 radical (unpaired) electrons. The zero-order valence-electron chi connectivity index (χ0n) is 9.36. The molecule has 0 bridgehead atoms. The zero-order valence-corrected chi connectivity index (χ0v) is 9.36. The second-order valence-corrected chi connectivity index (χ2v) is 4.01. The maximum Gasteiger partial charge on any atom is 0.106 e. The van der Waals surface area contributed by atoms with Crippen molar-refractivity contribution in [3.05, 3.63) is 35.9 Å². The van der Waals surface area contributed by atoms with E-state index < -0.39 is 0 Å². The Balaban J connectivity index is 0.000000531. The van der Waals surface area contributed by atoms with Crippen LogP contribution in [-0.2, 0) is 4.79 Å². The first-order valence-corrected chi connectivity index (χ1v) is 5.38. The summed E-state index contributed by atoms with van der Waals surface area (Å²) >= 11 is 0. The van der Waals surface area contributed by atoms with Crippen LogP contribution in [0.15, 0.2) is 30.3 Å². The van der Waals surface area contributed by atoms with E-state index in [9.17, 15) is 0 Å². The van der Waals surface area contributed by atoms with Crippen LogP contribution >= 0.6 is 0 Å². The number of rotatable bonds is 1. The summed E-state index contributed by atoms with van der Waals surface area (Å²) in [4.78, 5) is 10.4. The fraction of sp³-hybridized carbons (Fsp3) is 0.462. The van der Waals surface area contributed by atoms with Gasteiger partial charge in [0.2, 0.25) is 0 Å². The van der Waals surface area contributed by atoms with Gasteiger partial charge >= 0.3 is 0 Å². The summed E-state index contributed by atoms with van der Waals surface area (Å²) in [6.07, 6.45) is 2.70.